The number of hydrogen-bond donors (Lipinski definition) is 1. The Balaban J connectivity index is 1.65. The summed E-state index contributed by atoms with van der Waals surface area (Å²) in [5.41, 5.74) is 2.81. The van der Waals surface area contributed by atoms with Crippen LogP contribution in [0.25, 0.3) is 0 Å². The van der Waals surface area contributed by atoms with Gasteiger partial charge in [0.25, 0.3) is 0 Å². The van der Waals surface area contributed by atoms with Crippen LogP contribution in [-0.2, 0) is 6.42 Å². The number of rotatable bonds is 3. The second kappa shape index (κ2) is 6.12. The molecule has 4 rings (SSSR count). The second-order valence-corrected chi connectivity index (χ2v) is 6.04. The van der Waals surface area contributed by atoms with Crippen molar-refractivity contribution in [3.8, 4) is 0 Å². The lowest BCUT2D eigenvalue weighted by atomic mass is 10.1. The molecule has 2 heterocycles. The molecule has 6 heteroatoms. The van der Waals surface area contributed by atoms with Gasteiger partial charge in [-0.3, -0.25) is 0 Å². The van der Waals surface area contributed by atoms with Crippen molar-refractivity contribution in [2.24, 2.45) is 0 Å². The first-order valence-corrected chi connectivity index (χ1v) is 8.04. The second-order valence-electron chi connectivity index (χ2n) is 6.04. The van der Waals surface area contributed by atoms with Crippen LogP contribution in [0.1, 0.15) is 12.5 Å². The van der Waals surface area contributed by atoms with E-state index in [0.717, 1.165) is 30.1 Å². The van der Waals surface area contributed by atoms with Crippen molar-refractivity contribution in [1.82, 2.24) is 9.97 Å². The number of anilines is 4. The predicted molar refractivity (Wildman–Crippen MR) is 93.4 cm³/mol. The van der Waals surface area contributed by atoms with Crippen molar-refractivity contribution in [3.63, 3.8) is 0 Å². The maximum Gasteiger partial charge on any atom is 0.229 e. The number of hydrogen-bond acceptors (Lipinski definition) is 4. The van der Waals surface area contributed by atoms with Crippen LogP contribution in [0.15, 0.2) is 54.7 Å². The molecule has 126 valence electrons. The van der Waals surface area contributed by atoms with Crippen molar-refractivity contribution < 1.29 is 8.78 Å². The first kappa shape index (κ1) is 15.5. The van der Waals surface area contributed by atoms with Gasteiger partial charge in [-0.15, -0.1) is 0 Å². The minimum Gasteiger partial charge on any atom is -0.324 e. The van der Waals surface area contributed by atoms with E-state index in [-0.39, 0.29) is 6.04 Å². The number of aromatic nitrogens is 2. The van der Waals surface area contributed by atoms with Crippen LogP contribution in [0.2, 0.25) is 0 Å². The highest BCUT2D eigenvalue weighted by Crippen LogP contribution is 2.37. The minimum absolute atomic E-state index is 0.281. The summed E-state index contributed by atoms with van der Waals surface area (Å²) in [5.74, 6) is -0.705. The van der Waals surface area contributed by atoms with E-state index in [9.17, 15) is 8.78 Å². The van der Waals surface area contributed by atoms with Crippen molar-refractivity contribution >= 4 is 23.1 Å². The number of halogens is 2. The van der Waals surface area contributed by atoms with Crippen molar-refractivity contribution in [1.29, 1.82) is 0 Å². The lowest BCUT2D eigenvalue weighted by Crippen LogP contribution is -2.25. The van der Waals surface area contributed by atoms with Gasteiger partial charge in [0, 0.05) is 29.7 Å². The summed E-state index contributed by atoms with van der Waals surface area (Å²) < 4.78 is 26.4. The maximum atomic E-state index is 13.4. The number of nitrogens with one attached hydrogen (secondary N) is 1. The topological polar surface area (TPSA) is 41.1 Å². The Morgan fingerprint density at radius 1 is 1.08 bits per heavy atom. The molecule has 0 amide bonds. The van der Waals surface area contributed by atoms with Gasteiger partial charge in [-0.1, -0.05) is 18.2 Å². The highest BCUT2D eigenvalue weighted by molar-refractivity contribution is 5.69. The molecule has 4 nitrogen and oxygen atoms in total. The van der Waals surface area contributed by atoms with Crippen LogP contribution >= 0.6 is 0 Å². The molecule has 1 aliphatic rings. The molecular weight excluding hydrogens is 322 g/mol. The summed E-state index contributed by atoms with van der Waals surface area (Å²) in [6.45, 7) is 2.14. The third-order valence-corrected chi connectivity index (χ3v) is 4.27. The third kappa shape index (κ3) is 2.91. The van der Waals surface area contributed by atoms with E-state index in [1.54, 1.807) is 6.20 Å². The molecule has 1 unspecified atom stereocenters. The highest BCUT2D eigenvalue weighted by Gasteiger charge is 2.27. The molecule has 0 bridgehead atoms. The Labute approximate surface area is 144 Å². The molecule has 1 N–H and O–H groups in total. The molecule has 3 aromatic rings. The van der Waals surface area contributed by atoms with Crippen molar-refractivity contribution in [2.75, 3.05) is 10.2 Å². The van der Waals surface area contributed by atoms with Crippen LogP contribution in [-0.4, -0.2) is 16.0 Å². The fourth-order valence-corrected chi connectivity index (χ4v) is 3.16. The smallest absolute Gasteiger partial charge is 0.229 e. The highest BCUT2D eigenvalue weighted by atomic mass is 19.2. The fraction of sp³-hybridized carbons (Fsp3) is 0.158. The summed E-state index contributed by atoms with van der Waals surface area (Å²) in [7, 11) is 0. The standard InChI is InChI=1S/C19H16F2N4/c1-12-10-13-4-2-3-5-17(13)25(12)18-8-9-22-19(24-18)23-14-6-7-15(20)16(21)11-14/h2-9,11-12H,10H2,1H3,(H,22,23,24). The summed E-state index contributed by atoms with van der Waals surface area (Å²) in [6, 6.07) is 14.0. The normalized spacial score (nSPS) is 16.0. The molecule has 1 aliphatic heterocycles. The minimum atomic E-state index is -0.914. The zero-order chi connectivity index (χ0) is 17.4. The Morgan fingerprint density at radius 3 is 2.76 bits per heavy atom. The van der Waals surface area contributed by atoms with E-state index in [1.165, 1.54) is 11.6 Å². The lowest BCUT2D eigenvalue weighted by Gasteiger charge is -2.24. The average molecular weight is 338 g/mol. The summed E-state index contributed by atoms with van der Waals surface area (Å²) in [6.07, 6.45) is 2.60. The molecule has 0 fully saturated rings. The van der Waals surface area contributed by atoms with Gasteiger partial charge >= 0.3 is 0 Å². The van der Waals surface area contributed by atoms with Crippen LogP contribution in [0.5, 0.6) is 0 Å². The van der Waals surface area contributed by atoms with Gasteiger partial charge in [0.15, 0.2) is 11.6 Å². The molecule has 0 aliphatic carbocycles. The Hall–Kier alpha value is -3.02. The van der Waals surface area contributed by atoms with Crippen molar-refractivity contribution in [2.45, 2.75) is 19.4 Å². The van der Waals surface area contributed by atoms with Gasteiger partial charge in [0.05, 0.1) is 0 Å². The average Bonchev–Trinajstić information content (AvgIpc) is 2.94. The number of nitrogens with zero attached hydrogens (tertiary/aromatic N) is 3. The van der Waals surface area contributed by atoms with Gasteiger partial charge in [-0.05, 0) is 43.2 Å². The number of benzene rings is 2. The molecule has 0 saturated carbocycles. The number of fused-ring (bicyclic) bond motifs is 1. The van der Waals surface area contributed by atoms with Gasteiger partial charge in [-0.2, -0.15) is 4.98 Å². The first-order chi connectivity index (χ1) is 12.1. The molecule has 0 saturated heterocycles. The van der Waals surface area contributed by atoms with Crippen LogP contribution in [0, 0.1) is 11.6 Å². The quantitative estimate of drug-likeness (QED) is 0.759. The molecule has 2 aromatic carbocycles. The lowest BCUT2D eigenvalue weighted by molar-refractivity contribution is 0.509. The van der Waals surface area contributed by atoms with Crippen LogP contribution in [0.4, 0.5) is 31.9 Å². The van der Waals surface area contributed by atoms with E-state index in [4.69, 9.17) is 0 Å². The monoisotopic (exact) mass is 338 g/mol. The summed E-state index contributed by atoms with van der Waals surface area (Å²) in [5, 5.41) is 2.92. The van der Waals surface area contributed by atoms with Gasteiger partial charge in [0.2, 0.25) is 5.95 Å². The molecular formula is C19H16F2N4. The zero-order valence-corrected chi connectivity index (χ0v) is 13.6. The van der Waals surface area contributed by atoms with Crippen LogP contribution in [0.3, 0.4) is 0 Å². The SMILES string of the molecule is CC1Cc2ccccc2N1c1ccnc(Nc2ccc(F)c(F)c2)n1. The fourth-order valence-electron chi connectivity index (χ4n) is 3.16. The van der Waals surface area contributed by atoms with Gasteiger partial charge < -0.3 is 10.2 Å². The van der Waals surface area contributed by atoms with E-state index >= 15 is 0 Å². The van der Waals surface area contributed by atoms with Gasteiger partial charge in [-0.25, -0.2) is 13.8 Å². The Kier molecular flexibility index (Phi) is 3.80. The Morgan fingerprint density at radius 2 is 1.92 bits per heavy atom. The third-order valence-electron chi connectivity index (χ3n) is 4.27. The van der Waals surface area contributed by atoms with Gasteiger partial charge in [0.1, 0.15) is 5.82 Å². The van der Waals surface area contributed by atoms with E-state index in [2.05, 4.69) is 39.2 Å². The van der Waals surface area contributed by atoms with E-state index < -0.39 is 11.6 Å². The molecule has 1 aromatic heterocycles. The molecule has 1 atom stereocenters. The predicted octanol–water partition coefficient (Wildman–Crippen LogP) is 4.58. The van der Waals surface area contributed by atoms with E-state index in [1.807, 2.05) is 18.2 Å². The largest absolute Gasteiger partial charge is 0.324 e. The zero-order valence-electron chi connectivity index (χ0n) is 13.6. The molecule has 0 radical (unpaired) electrons. The number of para-hydroxylation sites is 1. The molecule has 25 heavy (non-hydrogen) atoms. The van der Waals surface area contributed by atoms with Crippen LogP contribution < -0.4 is 10.2 Å². The summed E-state index contributed by atoms with van der Waals surface area (Å²) >= 11 is 0. The molecule has 0 spiro atoms. The maximum absolute atomic E-state index is 13.4. The van der Waals surface area contributed by atoms with Crippen molar-refractivity contribution in [3.05, 3.63) is 71.9 Å². The summed E-state index contributed by atoms with van der Waals surface area (Å²) in [4.78, 5) is 10.9. The first-order valence-electron chi connectivity index (χ1n) is 8.04. The van der Waals surface area contributed by atoms with E-state index in [0.29, 0.717) is 11.6 Å². The Bertz CT molecular complexity index is 929.